The van der Waals surface area contributed by atoms with Crippen LogP contribution < -0.4 is 25.0 Å². The fourth-order valence-corrected chi connectivity index (χ4v) is 3.90. The average Bonchev–Trinajstić information content (AvgIpc) is 3.31. The molecule has 188 valence electrons. The summed E-state index contributed by atoms with van der Waals surface area (Å²) in [4.78, 5) is 23.8. The summed E-state index contributed by atoms with van der Waals surface area (Å²) in [6.07, 6.45) is 2.12. The highest BCUT2D eigenvalue weighted by Gasteiger charge is 2.37. The molecule has 1 aromatic heterocycles. The van der Waals surface area contributed by atoms with Crippen LogP contribution in [0.3, 0.4) is 0 Å². The Morgan fingerprint density at radius 3 is 2.74 bits per heavy atom. The van der Waals surface area contributed by atoms with Crippen molar-refractivity contribution in [3.8, 4) is 11.5 Å². The zero-order valence-electron chi connectivity index (χ0n) is 23.2. The number of benzene rings is 1. The number of nitrogens with zero attached hydrogens (tertiary/aromatic N) is 3. The molecule has 1 saturated heterocycles. The molecule has 0 bridgehead atoms. The molecule has 2 aromatic rings. The van der Waals surface area contributed by atoms with Gasteiger partial charge in [-0.3, -0.25) is 4.79 Å². The number of nitrogens with one attached hydrogen (secondary N) is 2. The number of hydrogen-bond acceptors (Lipinski definition) is 8. The summed E-state index contributed by atoms with van der Waals surface area (Å²) in [6.45, 7) is 12.1. The molecule has 2 N–H and O–H groups in total. The van der Waals surface area contributed by atoms with Gasteiger partial charge in [-0.05, 0) is 59.9 Å². The van der Waals surface area contributed by atoms with Crippen LogP contribution in [0, 0.1) is 0 Å². The molecule has 0 radical (unpaired) electrons. The van der Waals surface area contributed by atoms with E-state index in [1.807, 2.05) is 39.5 Å². The SMILES string of the molecule is [2H]c1c(OC(C)C)c(OCC)c([2H])c2c(NC)nc(N(CC)CCCNC(=O)C3(C)CCCO3)nc12. The second-order valence-corrected chi connectivity index (χ2v) is 8.73. The molecule has 34 heavy (non-hydrogen) atoms. The molecule has 0 spiro atoms. The summed E-state index contributed by atoms with van der Waals surface area (Å²) < 4.78 is 34.8. The van der Waals surface area contributed by atoms with E-state index in [4.69, 9.17) is 21.9 Å². The van der Waals surface area contributed by atoms with Crippen LogP contribution in [0.1, 0.15) is 56.6 Å². The van der Waals surface area contributed by atoms with Gasteiger partial charge in [-0.25, -0.2) is 4.98 Å². The van der Waals surface area contributed by atoms with E-state index in [0.717, 1.165) is 12.8 Å². The molecular weight excluding hydrogens is 434 g/mol. The van der Waals surface area contributed by atoms with Crippen LogP contribution in [-0.2, 0) is 9.53 Å². The van der Waals surface area contributed by atoms with Crippen LogP contribution in [-0.4, -0.2) is 67.5 Å². The molecule has 3 rings (SSSR count). The van der Waals surface area contributed by atoms with Crippen LogP contribution in [0.2, 0.25) is 0 Å². The quantitative estimate of drug-likeness (QED) is 0.448. The fourth-order valence-electron chi connectivity index (χ4n) is 3.90. The van der Waals surface area contributed by atoms with Crippen LogP contribution in [0.25, 0.3) is 10.9 Å². The van der Waals surface area contributed by atoms with E-state index in [9.17, 15) is 4.79 Å². The van der Waals surface area contributed by atoms with Crippen LogP contribution >= 0.6 is 0 Å². The first kappa shape index (κ1) is 23.0. The van der Waals surface area contributed by atoms with Crippen molar-refractivity contribution < 1.29 is 21.7 Å². The maximum Gasteiger partial charge on any atom is 0.251 e. The van der Waals surface area contributed by atoms with Gasteiger partial charge in [-0.1, -0.05) is 0 Å². The normalized spacial score (nSPS) is 18.6. The number of hydrogen-bond donors (Lipinski definition) is 2. The first-order valence-corrected chi connectivity index (χ1v) is 12.2. The van der Waals surface area contributed by atoms with E-state index in [1.54, 1.807) is 7.05 Å². The molecule has 1 aliphatic heterocycles. The average molecular weight is 476 g/mol. The highest BCUT2D eigenvalue weighted by atomic mass is 16.5. The number of ether oxygens (including phenoxy) is 3. The molecule has 0 saturated carbocycles. The summed E-state index contributed by atoms with van der Waals surface area (Å²) in [7, 11) is 1.73. The molecule has 2 heterocycles. The third-order valence-corrected chi connectivity index (χ3v) is 5.71. The summed E-state index contributed by atoms with van der Waals surface area (Å²) in [6, 6.07) is 0.147. The first-order chi connectivity index (χ1) is 17.2. The lowest BCUT2D eigenvalue weighted by Crippen LogP contribution is -2.44. The van der Waals surface area contributed by atoms with E-state index in [0.29, 0.717) is 61.9 Å². The van der Waals surface area contributed by atoms with Crippen LogP contribution in [0.4, 0.5) is 11.8 Å². The van der Waals surface area contributed by atoms with E-state index in [1.165, 1.54) is 0 Å². The van der Waals surface area contributed by atoms with Crippen LogP contribution in [0.5, 0.6) is 11.5 Å². The Bertz CT molecular complexity index is 1080. The van der Waals surface area contributed by atoms with Gasteiger partial charge in [0.15, 0.2) is 11.5 Å². The standard InChI is InChI=1S/C25H39N5O4/c1-7-30(13-10-12-27-23(31)25(5)11-9-14-33-25)24-28-19-16-21(34-17(3)4)20(32-8-2)15-18(19)22(26-6)29-24/h15-17H,7-14H2,1-6H3,(H,27,31)(H,26,28,29)/i15D,16D. The number of fused-ring (bicyclic) bond motifs is 1. The maximum absolute atomic E-state index is 12.5. The number of anilines is 2. The predicted octanol–water partition coefficient (Wildman–Crippen LogP) is 3.76. The van der Waals surface area contributed by atoms with Crippen molar-refractivity contribution in [3.63, 3.8) is 0 Å². The highest BCUT2D eigenvalue weighted by Crippen LogP contribution is 2.36. The zero-order valence-corrected chi connectivity index (χ0v) is 21.2. The molecule has 1 fully saturated rings. The van der Waals surface area contributed by atoms with E-state index < -0.39 is 5.60 Å². The van der Waals surface area contributed by atoms with Crippen molar-refractivity contribution in [1.82, 2.24) is 15.3 Å². The number of carbonyl (C=O) groups excluding carboxylic acids is 1. The first-order valence-electron chi connectivity index (χ1n) is 13.2. The molecule has 1 aliphatic rings. The van der Waals surface area contributed by atoms with Crippen molar-refractivity contribution in [1.29, 1.82) is 0 Å². The van der Waals surface area contributed by atoms with Gasteiger partial charge in [0.25, 0.3) is 5.91 Å². The third kappa shape index (κ3) is 6.00. The molecule has 9 nitrogen and oxygen atoms in total. The van der Waals surface area contributed by atoms with Gasteiger partial charge in [0, 0.05) is 44.7 Å². The lowest BCUT2D eigenvalue weighted by Gasteiger charge is -2.24. The maximum atomic E-state index is 12.5. The Hall–Kier alpha value is -2.81. The number of carbonyl (C=O) groups is 1. The Kier molecular flexibility index (Phi) is 7.80. The van der Waals surface area contributed by atoms with E-state index in [2.05, 4.69) is 15.6 Å². The lowest BCUT2D eigenvalue weighted by atomic mass is 10.0. The van der Waals surface area contributed by atoms with Crippen LogP contribution in [0.15, 0.2) is 12.1 Å². The van der Waals surface area contributed by atoms with E-state index >= 15 is 0 Å². The van der Waals surface area contributed by atoms with Crippen molar-refractivity contribution in [2.45, 2.75) is 65.6 Å². The Morgan fingerprint density at radius 1 is 1.32 bits per heavy atom. The summed E-state index contributed by atoms with van der Waals surface area (Å²) in [5, 5.41) is 6.45. The van der Waals surface area contributed by atoms with Gasteiger partial charge in [0.05, 0.1) is 21.0 Å². The molecule has 1 amide bonds. The van der Waals surface area contributed by atoms with Crippen molar-refractivity contribution in [3.05, 3.63) is 12.1 Å². The monoisotopic (exact) mass is 475 g/mol. The smallest absolute Gasteiger partial charge is 0.251 e. The number of rotatable bonds is 12. The lowest BCUT2D eigenvalue weighted by molar-refractivity contribution is -0.139. The number of aromatic nitrogens is 2. The number of amides is 1. The van der Waals surface area contributed by atoms with Gasteiger partial charge < -0.3 is 29.7 Å². The van der Waals surface area contributed by atoms with Gasteiger partial charge in [-0.15, -0.1) is 0 Å². The summed E-state index contributed by atoms with van der Waals surface area (Å²) in [5.74, 6) is 1.25. The summed E-state index contributed by atoms with van der Waals surface area (Å²) in [5.41, 5.74) is -0.408. The summed E-state index contributed by atoms with van der Waals surface area (Å²) >= 11 is 0. The largest absolute Gasteiger partial charge is 0.490 e. The zero-order chi connectivity index (χ0) is 26.5. The van der Waals surface area contributed by atoms with E-state index in [-0.39, 0.29) is 35.6 Å². The second-order valence-electron chi connectivity index (χ2n) is 8.73. The van der Waals surface area contributed by atoms with Gasteiger partial charge in [-0.2, -0.15) is 4.98 Å². The van der Waals surface area contributed by atoms with Crippen molar-refractivity contribution in [2.24, 2.45) is 0 Å². The minimum Gasteiger partial charge on any atom is -0.490 e. The Labute approximate surface area is 205 Å². The van der Waals surface area contributed by atoms with Gasteiger partial charge in [0.2, 0.25) is 5.95 Å². The molecule has 1 unspecified atom stereocenters. The molecule has 9 heteroatoms. The molecule has 1 aromatic carbocycles. The minimum absolute atomic E-state index is 0.0615. The van der Waals surface area contributed by atoms with Gasteiger partial charge in [0.1, 0.15) is 11.4 Å². The van der Waals surface area contributed by atoms with Gasteiger partial charge >= 0.3 is 0 Å². The Morgan fingerprint density at radius 2 is 2.12 bits per heavy atom. The Balaban J connectivity index is 1.88. The second kappa shape index (κ2) is 11.6. The van der Waals surface area contributed by atoms with Crippen molar-refractivity contribution >= 4 is 28.6 Å². The molecule has 0 aliphatic carbocycles. The fraction of sp³-hybridized carbons (Fsp3) is 0.640. The predicted molar refractivity (Wildman–Crippen MR) is 135 cm³/mol. The van der Waals surface area contributed by atoms with Crippen molar-refractivity contribution in [2.75, 3.05) is 50.1 Å². The topological polar surface area (TPSA) is 97.8 Å². The molecule has 1 atom stereocenters. The highest BCUT2D eigenvalue weighted by molar-refractivity contribution is 5.92. The molecular formula is C25H39N5O4. The minimum atomic E-state index is -0.734. The third-order valence-electron chi connectivity index (χ3n) is 5.71.